The van der Waals surface area contributed by atoms with Crippen molar-refractivity contribution in [1.29, 1.82) is 0 Å². The first-order valence-electron chi connectivity index (χ1n) is 13.8. The number of carbonyl (C=O) groups is 2. The van der Waals surface area contributed by atoms with Gasteiger partial charge in [0.25, 0.3) is 0 Å². The fraction of sp³-hybridized carbons (Fsp3) is 0.867. The monoisotopic (exact) mass is 486 g/mol. The minimum absolute atomic E-state index is 0.0419. The molecule has 0 saturated heterocycles. The van der Waals surface area contributed by atoms with Crippen LogP contribution in [0.25, 0.3) is 0 Å². The van der Waals surface area contributed by atoms with E-state index >= 15 is 0 Å². The molecule has 196 valence electrons. The molecular weight excluding hydrogens is 440 g/mol. The summed E-state index contributed by atoms with van der Waals surface area (Å²) >= 11 is 0. The molecule has 9 atom stereocenters. The van der Waals surface area contributed by atoms with Gasteiger partial charge in [0, 0.05) is 17.3 Å². The Kier molecular flexibility index (Phi) is 5.25. The number of Topliss-reactive ketones (excluding diaryl/α,β-unsaturated/α-hetero) is 1. The highest BCUT2D eigenvalue weighted by Crippen LogP contribution is 2.74. The molecule has 0 bridgehead atoms. The smallest absolute Gasteiger partial charge is 0.310 e. The molecule has 5 rings (SSSR count). The Morgan fingerprint density at radius 1 is 0.914 bits per heavy atom. The Balaban J connectivity index is 1.64. The highest BCUT2D eigenvalue weighted by Gasteiger charge is 2.72. The number of rotatable bonds is 1. The molecule has 0 aromatic heterocycles. The molecule has 0 spiro atoms. The van der Waals surface area contributed by atoms with Gasteiger partial charge in [0.15, 0.2) is 0 Å². The molecule has 5 aliphatic carbocycles. The van der Waals surface area contributed by atoms with Crippen LogP contribution >= 0.6 is 0 Å². The first kappa shape index (κ1) is 25.4. The van der Waals surface area contributed by atoms with Crippen LogP contribution in [0, 0.1) is 50.2 Å². The van der Waals surface area contributed by atoms with Gasteiger partial charge in [0.1, 0.15) is 5.78 Å². The van der Waals surface area contributed by atoms with E-state index in [1.54, 1.807) is 0 Å². The maximum absolute atomic E-state index is 14.3. The van der Waals surface area contributed by atoms with Crippen molar-refractivity contribution < 1.29 is 24.9 Å². The highest BCUT2D eigenvalue weighted by atomic mass is 16.4. The number of ketones is 1. The number of hydrogen-bond acceptors (Lipinski definition) is 4. The van der Waals surface area contributed by atoms with Gasteiger partial charge >= 0.3 is 5.97 Å². The summed E-state index contributed by atoms with van der Waals surface area (Å²) in [5, 5.41) is 32.2. The summed E-state index contributed by atoms with van der Waals surface area (Å²) in [6.07, 6.45) is 6.39. The summed E-state index contributed by atoms with van der Waals surface area (Å²) in [6, 6.07) is 0. The third-order valence-corrected chi connectivity index (χ3v) is 13.1. The van der Waals surface area contributed by atoms with E-state index in [-0.39, 0.29) is 51.9 Å². The lowest BCUT2D eigenvalue weighted by molar-refractivity contribution is -0.206. The Morgan fingerprint density at radius 2 is 1.57 bits per heavy atom. The molecule has 5 heteroatoms. The Bertz CT molecular complexity index is 995. The lowest BCUT2D eigenvalue weighted by Crippen LogP contribution is -2.68. The van der Waals surface area contributed by atoms with E-state index in [2.05, 4.69) is 54.5 Å². The molecule has 5 nitrogen and oxygen atoms in total. The van der Waals surface area contributed by atoms with Gasteiger partial charge in [-0.05, 0) is 78.9 Å². The van der Waals surface area contributed by atoms with Crippen molar-refractivity contribution in [2.24, 2.45) is 50.2 Å². The van der Waals surface area contributed by atoms with Crippen LogP contribution in [0.3, 0.4) is 0 Å². The zero-order chi connectivity index (χ0) is 26.0. The summed E-state index contributed by atoms with van der Waals surface area (Å²) in [4.78, 5) is 27.1. The van der Waals surface area contributed by atoms with Gasteiger partial charge in [-0.3, -0.25) is 9.59 Å². The van der Waals surface area contributed by atoms with E-state index < -0.39 is 22.9 Å². The standard InChI is InChI=1S/C30H46O5/c1-25(2)15-18-17-8-9-19-27(5)11-10-21(31)26(3,4)20(27)14-22(32)29(19,7)28(17,6)12-13-30(18,24(34)35)16-23(25)33/h8,18-21,23,31,33H,9-16H2,1-7H3,(H,34,35)/t18-,19+,20-,21-,23-,27+,28+,29-,30+/m0/s1. The zero-order valence-electron chi connectivity index (χ0n) is 22.8. The summed E-state index contributed by atoms with van der Waals surface area (Å²) in [5.41, 5.74) is -1.42. The molecule has 4 fully saturated rings. The van der Waals surface area contributed by atoms with E-state index in [1.807, 2.05) is 0 Å². The number of carbonyl (C=O) groups excluding carboxylic acids is 1. The van der Waals surface area contributed by atoms with Crippen molar-refractivity contribution in [2.45, 2.75) is 112 Å². The van der Waals surface area contributed by atoms with Crippen molar-refractivity contribution >= 4 is 11.8 Å². The maximum atomic E-state index is 14.3. The van der Waals surface area contributed by atoms with Crippen LogP contribution in [0.15, 0.2) is 11.6 Å². The quantitative estimate of drug-likeness (QED) is 0.432. The average Bonchev–Trinajstić information content (AvgIpc) is 2.75. The minimum atomic E-state index is -0.954. The second-order valence-corrected chi connectivity index (χ2v) is 15.0. The van der Waals surface area contributed by atoms with Gasteiger partial charge in [-0.2, -0.15) is 0 Å². The number of aliphatic hydroxyl groups is 2. The molecule has 5 aliphatic rings. The van der Waals surface area contributed by atoms with E-state index in [4.69, 9.17) is 0 Å². The minimum Gasteiger partial charge on any atom is -0.481 e. The van der Waals surface area contributed by atoms with E-state index in [9.17, 15) is 24.9 Å². The van der Waals surface area contributed by atoms with E-state index in [0.29, 0.717) is 31.5 Å². The highest BCUT2D eigenvalue weighted by molar-refractivity contribution is 5.89. The number of hydrogen-bond donors (Lipinski definition) is 3. The zero-order valence-corrected chi connectivity index (χ0v) is 22.8. The summed E-state index contributed by atoms with van der Waals surface area (Å²) < 4.78 is 0. The topological polar surface area (TPSA) is 94.8 Å². The van der Waals surface area contributed by atoms with E-state index in [1.165, 1.54) is 5.57 Å². The molecule has 0 amide bonds. The van der Waals surface area contributed by atoms with Crippen molar-refractivity contribution in [3.63, 3.8) is 0 Å². The molecule has 0 aromatic carbocycles. The van der Waals surface area contributed by atoms with Crippen LogP contribution < -0.4 is 0 Å². The van der Waals surface area contributed by atoms with Gasteiger partial charge in [0.2, 0.25) is 0 Å². The maximum Gasteiger partial charge on any atom is 0.310 e. The summed E-state index contributed by atoms with van der Waals surface area (Å²) in [7, 11) is 0. The van der Waals surface area contributed by atoms with Gasteiger partial charge in [0.05, 0.1) is 17.6 Å². The van der Waals surface area contributed by atoms with Gasteiger partial charge in [-0.1, -0.05) is 60.1 Å². The molecule has 4 saturated carbocycles. The van der Waals surface area contributed by atoms with Crippen LogP contribution in [0.2, 0.25) is 0 Å². The van der Waals surface area contributed by atoms with Gasteiger partial charge < -0.3 is 15.3 Å². The van der Waals surface area contributed by atoms with Gasteiger partial charge in [-0.15, -0.1) is 0 Å². The van der Waals surface area contributed by atoms with Crippen LogP contribution in [-0.2, 0) is 9.59 Å². The van der Waals surface area contributed by atoms with Crippen molar-refractivity contribution in [3.8, 4) is 0 Å². The molecule has 0 radical (unpaired) electrons. The third-order valence-electron chi connectivity index (χ3n) is 13.1. The lowest BCUT2D eigenvalue weighted by Gasteiger charge is -2.70. The molecule has 0 heterocycles. The number of carboxylic acid groups (broad SMARTS) is 1. The Labute approximate surface area is 210 Å². The molecule has 3 N–H and O–H groups in total. The van der Waals surface area contributed by atoms with Crippen LogP contribution in [0.1, 0.15) is 99.8 Å². The largest absolute Gasteiger partial charge is 0.481 e. The fourth-order valence-electron chi connectivity index (χ4n) is 10.3. The first-order chi connectivity index (χ1) is 16.0. The predicted octanol–water partition coefficient (Wildman–Crippen LogP) is 5.38. The molecule has 0 unspecified atom stereocenters. The Morgan fingerprint density at radius 3 is 2.20 bits per heavy atom. The average molecular weight is 487 g/mol. The number of allylic oxidation sites excluding steroid dienone is 2. The molecule has 0 aromatic rings. The third kappa shape index (κ3) is 2.89. The van der Waals surface area contributed by atoms with Crippen molar-refractivity contribution in [1.82, 2.24) is 0 Å². The second-order valence-electron chi connectivity index (χ2n) is 15.0. The number of aliphatic carboxylic acids is 1. The van der Waals surface area contributed by atoms with Crippen LogP contribution in [0.5, 0.6) is 0 Å². The number of fused-ring (bicyclic) bond motifs is 7. The van der Waals surface area contributed by atoms with Crippen LogP contribution in [-0.4, -0.2) is 39.3 Å². The molecule has 0 aliphatic heterocycles. The van der Waals surface area contributed by atoms with Gasteiger partial charge in [-0.25, -0.2) is 0 Å². The fourth-order valence-corrected chi connectivity index (χ4v) is 10.3. The predicted molar refractivity (Wildman–Crippen MR) is 134 cm³/mol. The van der Waals surface area contributed by atoms with Crippen molar-refractivity contribution in [3.05, 3.63) is 11.6 Å². The van der Waals surface area contributed by atoms with E-state index in [0.717, 1.165) is 19.3 Å². The molecule has 35 heavy (non-hydrogen) atoms. The number of carboxylic acids is 1. The Hall–Kier alpha value is -1.20. The molecular formula is C30H46O5. The summed E-state index contributed by atoms with van der Waals surface area (Å²) in [5.74, 6) is -0.317. The number of aliphatic hydroxyl groups excluding tert-OH is 2. The SMILES string of the molecule is CC1(C)C[C@H]2C3=CC[C@@H]4[C@@]5(C)CC[C@H](O)C(C)(C)[C@@H]5CC(=O)[C@@]4(C)[C@]3(C)CC[C@@]2(C(=O)O)C[C@@H]1O. The second kappa shape index (κ2) is 7.22. The summed E-state index contributed by atoms with van der Waals surface area (Å²) in [6.45, 7) is 15.2. The van der Waals surface area contributed by atoms with Crippen LogP contribution in [0.4, 0.5) is 0 Å². The first-order valence-corrected chi connectivity index (χ1v) is 13.8. The lowest BCUT2D eigenvalue weighted by atomic mass is 9.33. The normalized spacial score (nSPS) is 52.3. The van der Waals surface area contributed by atoms with Crippen molar-refractivity contribution in [2.75, 3.05) is 0 Å².